The lowest BCUT2D eigenvalue weighted by atomic mass is 10.3. The summed E-state index contributed by atoms with van der Waals surface area (Å²) >= 11 is 0. The van der Waals surface area contributed by atoms with Gasteiger partial charge in [-0.05, 0) is 19.1 Å². The van der Waals surface area contributed by atoms with Gasteiger partial charge in [0.25, 0.3) is 5.91 Å². The average molecular weight is 329 g/mol. The number of aryl methyl sites for hydroxylation is 1. The molecule has 1 unspecified atom stereocenters. The van der Waals surface area contributed by atoms with Crippen molar-refractivity contribution in [3.05, 3.63) is 52.2 Å². The maximum absolute atomic E-state index is 12.5. The Kier molecular flexibility index (Phi) is 4.50. The highest BCUT2D eigenvalue weighted by molar-refractivity contribution is 5.92. The number of carbonyl (C=O) groups is 1. The number of carbonyl (C=O) groups excluding carboxylic acids is 1. The number of methoxy groups -OCH3 is 1. The van der Waals surface area contributed by atoms with Gasteiger partial charge < -0.3 is 19.4 Å². The Labute approximate surface area is 139 Å². The monoisotopic (exact) mass is 329 g/mol. The molecule has 1 N–H and O–H groups in total. The Morgan fingerprint density at radius 1 is 1.42 bits per heavy atom. The largest absolute Gasteiger partial charge is 0.491 e. The average Bonchev–Trinajstić information content (AvgIpc) is 3.05. The Bertz CT molecular complexity index is 802. The lowest BCUT2D eigenvalue weighted by Crippen LogP contribution is -2.32. The number of pyridine rings is 2. The van der Waals surface area contributed by atoms with E-state index in [4.69, 9.17) is 9.47 Å². The molecule has 7 nitrogen and oxygen atoms in total. The third-order valence-corrected chi connectivity index (χ3v) is 4.01. The summed E-state index contributed by atoms with van der Waals surface area (Å²) in [6, 6.07) is 4.96. The van der Waals surface area contributed by atoms with Crippen LogP contribution in [0, 0.1) is 6.92 Å². The molecule has 0 aliphatic carbocycles. The van der Waals surface area contributed by atoms with E-state index in [0.29, 0.717) is 13.1 Å². The molecular formula is C17H19N3O4. The van der Waals surface area contributed by atoms with Crippen LogP contribution in [0.1, 0.15) is 22.6 Å². The second-order valence-electron chi connectivity index (χ2n) is 5.65. The first-order valence-corrected chi connectivity index (χ1v) is 7.72. The molecule has 3 rings (SSSR count). The summed E-state index contributed by atoms with van der Waals surface area (Å²) in [6.07, 6.45) is 3.77. The quantitative estimate of drug-likeness (QED) is 0.916. The van der Waals surface area contributed by atoms with Crippen LogP contribution < -0.4 is 14.9 Å². The van der Waals surface area contributed by atoms with E-state index in [9.17, 15) is 9.59 Å². The van der Waals surface area contributed by atoms with Gasteiger partial charge in [0.15, 0.2) is 5.75 Å². The van der Waals surface area contributed by atoms with Gasteiger partial charge in [0.1, 0.15) is 17.5 Å². The molecule has 3 heterocycles. The maximum atomic E-state index is 12.5. The SMILES string of the molecule is COc1c[nH]c(C(=O)N2CCC(Oc3cccnc3C)C2)cc1=O. The lowest BCUT2D eigenvalue weighted by molar-refractivity contribution is 0.0766. The molecule has 0 aromatic carbocycles. The number of rotatable bonds is 4. The van der Waals surface area contributed by atoms with Crippen molar-refractivity contribution in [1.82, 2.24) is 14.9 Å². The van der Waals surface area contributed by atoms with E-state index in [0.717, 1.165) is 17.9 Å². The van der Waals surface area contributed by atoms with Crippen molar-refractivity contribution in [3.8, 4) is 11.5 Å². The Balaban J connectivity index is 1.67. The van der Waals surface area contributed by atoms with Crippen molar-refractivity contribution in [1.29, 1.82) is 0 Å². The summed E-state index contributed by atoms with van der Waals surface area (Å²) in [4.78, 5) is 33.0. The van der Waals surface area contributed by atoms with Crippen molar-refractivity contribution in [2.45, 2.75) is 19.4 Å². The number of hydrogen-bond acceptors (Lipinski definition) is 5. The third kappa shape index (κ3) is 3.24. The smallest absolute Gasteiger partial charge is 0.270 e. The summed E-state index contributed by atoms with van der Waals surface area (Å²) in [7, 11) is 1.41. The maximum Gasteiger partial charge on any atom is 0.270 e. The van der Waals surface area contributed by atoms with Gasteiger partial charge in [0.05, 0.1) is 19.3 Å². The molecule has 126 valence electrons. The number of nitrogens with zero attached hydrogens (tertiary/aromatic N) is 2. The van der Waals surface area contributed by atoms with E-state index in [2.05, 4.69) is 9.97 Å². The highest BCUT2D eigenvalue weighted by Gasteiger charge is 2.29. The third-order valence-electron chi connectivity index (χ3n) is 4.01. The molecule has 0 spiro atoms. The second-order valence-corrected chi connectivity index (χ2v) is 5.65. The van der Waals surface area contributed by atoms with E-state index in [1.165, 1.54) is 19.4 Å². The molecule has 0 bridgehead atoms. The number of hydrogen-bond donors (Lipinski definition) is 1. The topological polar surface area (TPSA) is 84.5 Å². The fraction of sp³-hybridized carbons (Fsp3) is 0.353. The zero-order chi connectivity index (χ0) is 17.1. The normalized spacial score (nSPS) is 16.9. The molecule has 1 aliphatic rings. The van der Waals surface area contributed by atoms with Crippen LogP contribution in [-0.2, 0) is 0 Å². The lowest BCUT2D eigenvalue weighted by Gasteiger charge is -2.17. The number of H-pyrrole nitrogens is 1. The molecule has 1 saturated heterocycles. The van der Waals surface area contributed by atoms with Gasteiger partial charge in [-0.1, -0.05) is 0 Å². The summed E-state index contributed by atoms with van der Waals surface area (Å²) in [5.74, 6) is 0.694. The Morgan fingerprint density at radius 3 is 2.96 bits per heavy atom. The number of likely N-dealkylation sites (tertiary alicyclic amines) is 1. The summed E-state index contributed by atoms with van der Waals surface area (Å²) in [6.45, 7) is 2.94. The zero-order valence-corrected chi connectivity index (χ0v) is 13.6. The predicted octanol–water partition coefficient (Wildman–Crippen LogP) is 1.38. The van der Waals surface area contributed by atoms with Gasteiger partial charge in [-0.15, -0.1) is 0 Å². The number of nitrogens with one attached hydrogen (secondary N) is 1. The molecular weight excluding hydrogens is 310 g/mol. The van der Waals surface area contributed by atoms with Crippen LogP contribution in [0.25, 0.3) is 0 Å². The second kappa shape index (κ2) is 6.74. The van der Waals surface area contributed by atoms with Crippen LogP contribution in [0.4, 0.5) is 0 Å². The molecule has 7 heteroatoms. The summed E-state index contributed by atoms with van der Waals surface area (Å²) < 4.78 is 10.8. The van der Waals surface area contributed by atoms with Crippen LogP contribution in [0.3, 0.4) is 0 Å². The first-order chi connectivity index (χ1) is 11.6. The molecule has 0 saturated carbocycles. The number of amides is 1. The minimum absolute atomic E-state index is 0.0816. The van der Waals surface area contributed by atoms with Crippen LogP contribution in [0.15, 0.2) is 35.4 Å². The molecule has 2 aromatic rings. The first kappa shape index (κ1) is 16.0. The van der Waals surface area contributed by atoms with Crippen molar-refractivity contribution >= 4 is 5.91 Å². The standard InChI is InChI=1S/C17H19N3O4/c1-11-15(4-3-6-18-11)24-12-5-7-20(10-12)17(22)13-8-14(21)16(23-2)9-19-13/h3-4,6,8-9,12H,5,7,10H2,1-2H3,(H,19,21). The zero-order valence-electron chi connectivity index (χ0n) is 13.6. The molecule has 1 amide bonds. The molecule has 2 aromatic heterocycles. The number of aromatic nitrogens is 2. The highest BCUT2D eigenvalue weighted by atomic mass is 16.5. The number of aromatic amines is 1. The van der Waals surface area contributed by atoms with Crippen molar-refractivity contribution in [2.24, 2.45) is 0 Å². The van der Waals surface area contributed by atoms with E-state index < -0.39 is 0 Å². The van der Waals surface area contributed by atoms with Crippen LogP contribution in [-0.4, -0.2) is 47.1 Å². The fourth-order valence-corrected chi connectivity index (χ4v) is 2.69. The van der Waals surface area contributed by atoms with Gasteiger partial charge in [0, 0.05) is 31.4 Å². The van der Waals surface area contributed by atoms with Crippen LogP contribution in [0.5, 0.6) is 11.5 Å². The molecule has 1 fully saturated rings. The van der Waals surface area contributed by atoms with Gasteiger partial charge in [-0.3, -0.25) is 14.6 Å². The Morgan fingerprint density at radius 2 is 2.25 bits per heavy atom. The Hall–Kier alpha value is -2.83. The number of ether oxygens (including phenoxy) is 2. The summed E-state index contributed by atoms with van der Waals surface area (Å²) in [5.41, 5.74) is 0.748. The molecule has 0 radical (unpaired) electrons. The molecule has 1 aliphatic heterocycles. The van der Waals surface area contributed by atoms with Gasteiger partial charge in [-0.25, -0.2) is 0 Å². The first-order valence-electron chi connectivity index (χ1n) is 7.72. The minimum Gasteiger partial charge on any atom is -0.491 e. The van der Waals surface area contributed by atoms with Crippen molar-refractivity contribution in [2.75, 3.05) is 20.2 Å². The summed E-state index contributed by atoms with van der Waals surface area (Å²) in [5, 5.41) is 0. The van der Waals surface area contributed by atoms with E-state index in [1.807, 2.05) is 19.1 Å². The minimum atomic E-state index is -0.322. The van der Waals surface area contributed by atoms with Crippen LogP contribution >= 0.6 is 0 Å². The van der Waals surface area contributed by atoms with E-state index >= 15 is 0 Å². The van der Waals surface area contributed by atoms with E-state index in [1.54, 1.807) is 11.1 Å². The molecule has 24 heavy (non-hydrogen) atoms. The predicted molar refractivity (Wildman–Crippen MR) is 87.5 cm³/mol. The highest BCUT2D eigenvalue weighted by Crippen LogP contribution is 2.21. The van der Waals surface area contributed by atoms with Gasteiger partial charge in [0.2, 0.25) is 5.43 Å². The van der Waals surface area contributed by atoms with Crippen LogP contribution in [0.2, 0.25) is 0 Å². The van der Waals surface area contributed by atoms with Gasteiger partial charge >= 0.3 is 0 Å². The molecule has 1 atom stereocenters. The fourth-order valence-electron chi connectivity index (χ4n) is 2.69. The van der Waals surface area contributed by atoms with Crippen molar-refractivity contribution in [3.63, 3.8) is 0 Å². The van der Waals surface area contributed by atoms with E-state index in [-0.39, 0.29) is 28.9 Å². The van der Waals surface area contributed by atoms with Gasteiger partial charge in [-0.2, -0.15) is 0 Å². The van der Waals surface area contributed by atoms with Crippen molar-refractivity contribution < 1.29 is 14.3 Å².